The lowest BCUT2D eigenvalue weighted by Gasteiger charge is -2.40. The van der Waals surface area contributed by atoms with Crippen LogP contribution in [0.4, 0.5) is 10.8 Å². The summed E-state index contributed by atoms with van der Waals surface area (Å²) in [5, 5.41) is 19.1. The third kappa shape index (κ3) is 3.73. The Morgan fingerprint density at radius 3 is 2.43 bits per heavy atom. The molecule has 0 aliphatic carbocycles. The van der Waals surface area contributed by atoms with Gasteiger partial charge in [0.15, 0.2) is 11.6 Å². The highest BCUT2D eigenvalue weighted by Gasteiger charge is 2.76. The van der Waals surface area contributed by atoms with Gasteiger partial charge in [-0.05, 0) is 47.8 Å². The Morgan fingerprint density at radius 1 is 0.773 bits per heavy atom. The summed E-state index contributed by atoms with van der Waals surface area (Å²) in [4.78, 5) is 35.3. The molecule has 1 saturated heterocycles. The van der Waals surface area contributed by atoms with Crippen molar-refractivity contribution in [3.8, 4) is 11.4 Å². The molecule has 1 aliphatic rings. The fourth-order valence-electron chi connectivity index (χ4n) is 5.34. The SMILES string of the molecule is c1ccc(-c2coc(C3(c4ncccn4)N(c4cnccn4)N(c4cccs4)OC3(c3cccnn3)c3ccon3)n2)nc1. The van der Waals surface area contributed by atoms with Gasteiger partial charge in [0.05, 0.1) is 11.9 Å². The van der Waals surface area contributed by atoms with E-state index in [4.69, 9.17) is 33.7 Å². The molecular formula is C29H19N11O3S. The first kappa shape index (κ1) is 25.8. The van der Waals surface area contributed by atoms with Crippen LogP contribution < -0.4 is 10.2 Å². The molecule has 0 saturated carbocycles. The van der Waals surface area contributed by atoms with Crippen molar-refractivity contribution in [1.82, 2.24) is 45.3 Å². The zero-order valence-electron chi connectivity index (χ0n) is 22.5. The first-order valence-electron chi connectivity index (χ1n) is 13.3. The third-order valence-electron chi connectivity index (χ3n) is 7.06. The van der Waals surface area contributed by atoms with Gasteiger partial charge in [0, 0.05) is 43.2 Å². The number of oxazole rings is 1. The maximum Gasteiger partial charge on any atom is 0.243 e. The number of aromatic nitrogens is 9. The molecule has 0 N–H and O–H groups in total. The molecule has 0 bridgehead atoms. The van der Waals surface area contributed by atoms with E-state index in [0.717, 1.165) is 0 Å². The number of hydrogen-bond acceptors (Lipinski definition) is 15. The molecule has 1 fully saturated rings. The van der Waals surface area contributed by atoms with Crippen molar-refractivity contribution in [3.63, 3.8) is 0 Å². The molecule has 14 nitrogen and oxygen atoms in total. The minimum absolute atomic E-state index is 0.128. The van der Waals surface area contributed by atoms with E-state index in [1.165, 1.54) is 23.9 Å². The smallest absolute Gasteiger partial charge is 0.243 e. The second-order valence-corrected chi connectivity index (χ2v) is 10.3. The second kappa shape index (κ2) is 10.4. The molecule has 2 atom stereocenters. The quantitative estimate of drug-likeness (QED) is 0.256. The summed E-state index contributed by atoms with van der Waals surface area (Å²) in [6.07, 6.45) is 14.2. The van der Waals surface area contributed by atoms with Crippen molar-refractivity contribution < 1.29 is 13.8 Å². The summed E-state index contributed by atoms with van der Waals surface area (Å²) >= 11 is 1.43. The van der Waals surface area contributed by atoms with Gasteiger partial charge in [-0.1, -0.05) is 11.2 Å². The van der Waals surface area contributed by atoms with Crippen molar-refractivity contribution >= 4 is 22.2 Å². The number of hydrogen-bond donors (Lipinski definition) is 0. The first-order valence-corrected chi connectivity index (χ1v) is 14.1. The Bertz CT molecular complexity index is 1970. The highest BCUT2D eigenvalue weighted by Crippen LogP contribution is 2.60. The Kier molecular flexibility index (Phi) is 6.09. The Hall–Kier alpha value is -5.93. The third-order valence-corrected chi connectivity index (χ3v) is 7.88. The summed E-state index contributed by atoms with van der Waals surface area (Å²) in [5.74, 6) is 0.718. The van der Waals surface area contributed by atoms with E-state index < -0.39 is 11.1 Å². The van der Waals surface area contributed by atoms with Gasteiger partial charge in [-0.2, -0.15) is 10.2 Å². The minimum atomic E-state index is -1.73. The monoisotopic (exact) mass is 601 g/mol. The van der Waals surface area contributed by atoms with E-state index in [0.29, 0.717) is 33.6 Å². The van der Waals surface area contributed by atoms with Gasteiger partial charge in [-0.3, -0.25) is 9.97 Å². The molecule has 0 spiro atoms. The van der Waals surface area contributed by atoms with E-state index in [9.17, 15) is 0 Å². The first-order chi connectivity index (χ1) is 21.8. The normalized spacial score (nSPS) is 19.8. The van der Waals surface area contributed by atoms with E-state index in [-0.39, 0.29) is 11.7 Å². The molecule has 0 aromatic carbocycles. The van der Waals surface area contributed by atoms with Gasteiger partial charge >= 0.3 is 0 Å². The Labute approximate surface area is 252 Å². The van der Waals surface area contributed by atoms with Crippen LogP contribution in [0.5, 0.6) is 0 Å². The maximum absolute atomic E-state index is 7.11. The van der Waals surface area contributed by atoms with Gasteiger partial charge in [0.2, 0.25) is 17.0 Å². The van der Waals surface area contributed by atoms with Crippen LogP contribution in [0.2, 0.25) is 0 Å². The van der Waals surface area contributed by atoms with Crippen LogP contribution in [-0.2, 0) is 16.0 Å². The Morgan fingerprint density at radius 2 is 1.70 bits per heavy atom. The van der Waals surface area contributed by atoms with Crippen molar-refractivity contribution in [2.75, 3.05) is 10.2 Å². The number of thiophene rings is 1. The van der Waals surface area contributed by atoms with Crippen molar-refractivity contribution in [2.24, 2.45) is 0 Å². The van der Waals surface area contributed by atoms with Crippen molar-refractivity contribution in [2.45, 2.75) is 11.1 Å². The molecule has 214 valence electrons. The molecule has 15 heteroatoms. The lowest BCUT2D eigenvalue weighted by atomic mass is 9.73. The summed E-state index contributed by atoms with van der Waals surface area (Å²) in [7, 11) is 0. The second-order valence-electron chi connectivity index (χ2n) is 9.40. The molecule has 2 unspecified atom stereocenters. The molecule has 8 heterocycles. The van der Waals surface area contributed by atoms with E-state index in [1.54, 1.807) is 77.8 Å². The Balaban J connectivity index is 1.55. The molecule has 44 heavy (non-hydrogen) atoms. The summed E-state index contributed by atoms with van der Waals surface area (Å²) < 4.78 is 11.9. The highest BCUT2D eigenvalue weighted by atomic mass is 32.1. The topological polar surface area (TPSA) is 158 Å². The molecule has 8 rings (SSSR count). The maximum atomic E-state index is 7.11. The van der Waals surface area contributed by atoms with Gasteiger partial charge in [0.1, 0.15) is 34.6 Å². The number of pyridine rings is 1. The molecule has 0 radical (unpaired) electrons. The number of nitrogens with zero attached hydrogens (tertiary/aromatic N) is 11. The average molecular weight is 602 g/mol. The van der Waals surface area contributed by atoms with Crippen LogP contribution in [0.15, 0.2) is 125 Å². The van der Waals surface area contributed by atoms with Crippen LogP contribution in [-0.4, -0.2) is 45.3 Å². The van der Waals surface area contributed by atoms with Crippen LogP contribution in [0, 0.1) is 0 Å². The molecule has 7 aromatic heterocycles. The minimum Gasteiger partial charge on any atom is -0.445 e. The summed E-state index contributed by atoms with van der Waals surface area (Å²) in [5.41, 5.74) is -1.74. The lowest BCUT2D eigenvalue weighted by Crippen LogP contribution is -2.59. The predicted molar refractivity (Wildman–Crippen MR) is 154 cm³/mol. The number of hydrazine groups is 1. The number of rotatable bonds is 7. The van der Waals surface area contributed by atoms with Gasteiger partial charge in [0.25, 0.3) is 0 Å². The summed E-state index contributed by atoms with van der Waals surface area (Å²) in [6, 6.07) is 16.3. The molecular weight excluding hydrogens is 582 g/mol. The fraction of sp³-hybridized carbons (Fsp3) is 0.0690. The highest BCUT2D eigenvalue weighted by molar-refractivity contribution is 7.14. The van der Waals surface area contributed by atoms with Crippen LogP contribution in [0.1, 0.15) is 23.1 Å². The zero-order chi connectivity index (χ0) is 29.4. The van der Waals surface area contributed by atoms with Crippen LogP contribution >= 0.6 is 11.3 Å². The zero-order valence-corrected chi connectivity index (χ0v) is 23.3. The van der Waals surface area contributed by atoms with Crippen molar-refractivity contribution in [1.29, 1.82) is 0 Å². The largest absolute Gasteiger partial charge is 0.445 e. The van der Waals surface area contributed by atoms with E-state index in [2.05, 4.69) is 25.3 Å². The summed E-state index contributed by atoms with van der Waals surface area (Å²) in [6.45, 7) is 0. The van der Waals surface area contributed by atoms with Crippen LogP contribution in [0.3, 0.4) is 0 Å². The van der Waals surface area contributed by atoms with Crippen LogP contribution in [0.25, 0.3) is 11.4 Å². The standard InChI is InChI=1S/C29H19N11O3S/c1-2-10-31-20(6-1)21-19-41-27(36-21)28(26-33-11-5-12-34-26)29(23-9-16-42-38-23,22-7-3-13-35-37-22)43-40(25-8-4-17-44-25)39(28)24-18-30-14-15-32-24/h1-19H. The molecule has 1 aliphatic heterocycles. The van der Waals surface area contributed by atoms with Crippen molar-refractivity contribution in [3.05, 3.63) is 139 Å². The average Bonchev–Trinajstić information content (AvgIpc) is 3.93. The van der Waals surface area contributed by atoms with E-state index in [1.807, 2.05) is 35.7 Å². The lowest BCUT2D eigenvalue weighted by molar-refractivity contribution is -0.0246. The molecule has 0 amide bonds. The fourth-order valence-corrected chi connectivity index (χ4v) is 6.00. The number of anilines is 2. The molecule has 7 aromatic rings. The van der Waals surface area contributed by atoms with Gasteiger partial charge in [-0.15, -0.1) is 16.5 Å². The predicted octanol–water partition coefficient (Wildman–Crippen LogP) is 4.22. The van der Waals surface area contributed by atoms with Gasteiger partial charge < -0.3 is 8.94 Å². The van der Waals surface area contributed by atoms with E-state index >= 15 is 0 Å². The van der Waals surface area contributed by atoms with Gasteiger partial charge in [-0.25, -0.2) is 29.8 Å².